The normalized spacial score (nSPS) is 16.3. The van der Waals surface area contributed by atoms with Crippen molar-refractivity contribution in [1.29, 1.82) is 0 Å². The van der Waals surface area contributed by atoms with E-state index >= 15 is 0 Å². The standard InChI is InChI=1S/C12H15F6NO2/c1-3-7(19)9(8-5-4-6(2)20-8)21-10(11(13,14)15)12(16,17)18/h4-5,7,9-10H,3,19H2,1-2H3. The van der Waals surface area contributed by atoms with Crippen molar-refractivity contribution in [2.45, 2.75) is 50.9 Å². The molecule has 9 heteroatoms. The van der Waals surface area contributed by atoms with E-state index in [0.29, 0.717) is 5.76 Å². The maximum Gasteiger partial charge on any atom is 0.423 e. The average molecular weight is 319 g/mol. The van der Waals surface area contributed by atoms with Gasteiger partial charge in [-0.15, -0.1) is 0 Å². The lowest BCUT2D eigenvalue weighted by atomic mass is 10.1. The smallest absolute Gasteiger partial charge is 0.423 e. The fourth-order valence-electron chi connectivity index (χ4n) is 1.69. The Balaban J connectivity index is 3.10. The second kappa shape index (κ2) is 6.27. The quantitative estimate of drug-likeness (QED) is 0.838. The highest BCUT2D eigenvalue weighted by Gasteiger charge is 2.59. The van der Waals surface area contributed by atoms with Crippen LogP contribution in [0.5, 0.6) is 0 Å². The van der Waals surface area contributed by atoms with Gasteiger partial charge in [-0.2, -0.15) is 26.3 Å². The molecule has 0 aliphatic heterocycles. The number of hydrogen-bond acceptors (Lipinski definition) is 3. The van der Waals surface area contributed by atoms with E-state index in [4.69, 9.17) is 10.2 Å². The molecule has 0 aliphatic carbocycles. The van der Waals surface area contributed by atoms with E-state index in [-0.39, 0.29) is 12.2 Å². The first kappa shape index (κ1) is 17.8. The van der Waals surface area contributed by atoms with E-state index in [1.807, 2.05) is 0 Å². The van der Waals surface area contributed by atoms with Crippen LogP contribution in [-0.4, -0.2) is 24.5 Å². The van der Waals surface area contributed by atoms with Gasteiger partial charge in [-0.25, -0.2) is 0 Å². The van der Waals surface area contributed by atoms with Crippen LogP contribution >= 0.6 is 0 Å². The molecule has 2 unspecified atom stereocenters. The zero-order valence-electron chi connectivity index (χ0n) is 11.3. The molecule has 0 bridgehead atoms. The minimum absolute atomic E-state index is 0.118. The van der Waals surface area contributed by atoms with Crippen LogP contribution < -0.4 is 5.73 Å². The summed E-state index contributed by atoms with van der Waals surface area (Å²) < 4.78 is 84.6. The summed E-state index contributed by atoms with van der Waals surface area (Å²) in [6, 6.07) is 1.59. The third-order valence-electron chi connectivity index (χ3n) is 2.78. The van der Waals surface area contributed by atoms with Crippen molar-refractivity contribution in [3.05, 3.63) is 23.7 Å². The molecule has 122 valence electrons. The Morgan fingerprint density at radius 1 is 1.14 bits per heavy atom. The molecule has 2 atom stereocenters. The maximum absolute atomic E-state index is 12.5. The van der Waals surface area contributed by atoms with E-state index < -0.39 is 30.6 Å². The Bertz CT molecular complexity index is 439. The van der Waals surface area contributed by atoms with Crippen LogP contribution in [0, 0.1) is 6.92 Å². The summed E-state index contributed by atoms with van der Waals surface area (Å²) >= 11 is 0. The number of nitrogens with two attached hydrogens (primary N) is 1. The molecule has 1 aromatic rings. The van der Waals surface area contributed by atoms with Gasteiger partial charge in [0.05, 0.1) is 0 Å². The molecular formula is C12H15F6NO2. The number of rotatable bonds is 5. The van der Waals surface area contributed by atoms with E-state index in [2.05, 4.69) is 4.74 Å². The summed E-state index contributed by atoms with van der Waals surface area (Å²) in [6.45, 7) is 3.02. The minimum Gasteiger partial charge on any atom is -0.464 e. The number of ether oxygens (including phenoxy) is 1. The molecule has 1 heterocycles. The van der Waals surface area contributed by atoms with Gasteiger partial charge in [-0.1, -0.05) is 6.92 Å². The molecule has 0 amide bonds. The largest absolute Gasteiger partial charge is 0.464 e. The second-order valence-corrected chi connectivity index (χ2v) is 4.54. The van der Waals surface area contributed by atoms with Crippen molar-refractivity contribution in [2.75, 3.05) is 0 Å². The molecule has 2 N–H and O–H groups in total. The summed E-state index contributed by atoms with van der Waals surface area (Å²) in [5.74, 6) is 0.165. The van der Waals surface area contributed by atoms with Gasteiger partial charge in [0.15, 0.2) is 0 Å². The lowest BCUT2D eigenvalue weighted by molar-refractivity contribution is -0.334. The van der Waals surface area contributed by atoms with Crippen LogP contribution in [-0.2, 0) is 4.74 Å². The van der Waals surface area contributed by atoms with Crippen molar-refractivity contribution in [2.24, 2.45) is 5.73 Å². The van der Waals surface area contributed by atoms with Crippen LogP contribution in [0.3, 0.4) is 0 Å². The third kappa shape index (κ3) is 4.63. The highest BCUT2D eigenvalue weighted by atomic mass is 19.4. The Kier molecular flexibility index (Phi) is 5.32. The summed E-state index contributed by atoms with van der Waals surface area (Å²) in [5.41, 5.74) is 5.57. The van der Waals surface area contributed by atoms with E-state index in [0.717, 1.165) is 0 Å². The Morgan fingerprint density at radius 2 is 1.67 bits per heavy atom. The molecule has 0 aromatic carbocycles. The van der Waals surface area contributed by atoms with E-state index in [1.54, 1.807) is 0 Å². The van der Waals surface area contributed by atoms with Gasteiger partial charge in [0.2, 0.25) is 6.10 Å². The van der Waals surface area contributed by atoms with Crippen molar-refractivity contribution >= 4 is 0 Å². The molecule has 1 aromatic heterocycles. The summed E-state index contributed by atoms with van der Waals surface area (Å²) in [7, 11) is 0. The molecule has 0 fully saturated rings. The number of halogens is 6. The third-order valence-corrected chi connectivity index (χ3v) is 2.78. The van der Waals surface area contributed by atoms with Gasteiger partial charge in [-0.05, 0) is 25.5 Å². The van der Waals surface area contributed by atoms with Gasteiger partial charge >= 0.3 is 12.4 Å². The van der Waals surface area contributed by atoms with E-state index in [9.17, 15) is 26.3 Å². The van der Waals surface area contributed by atoms with Crippen molar-refractivity contribution < 1.29 is 35.5 Å². The SMILES string of the molecule is CCC(N)C(OC(C(F)(F)F)C(F)(F)F)c1ccc(C)o1. The first-order chi connectivity index (χ1) is 9.46. The molecule has 3 nitrogen and oxygen atoms in total. The topological polar surface area (TPSA) is 48.4 Å². The predicted octanol–water partition coefficient (Wildman–Crippen LogP) is 3.88. The van der Waals surface area contributed by atoms with Crippen molar-refractivity contribution in [1.82, 2.24) is 0 Å². The van der Waals surface area contributed by atoms with Gasteiger partial charge in [0.1, 0.15) is 17.6 Å². The number of alkyl halides is 6. The zero-order valence-corrected chi connectivity index (χ0v) is 11.3. The highest BCUT2D eigenvalue weighted by molar-refractivity contribution is 5.10. The monoisotopic (exact) mass is 319 g/mol. The average Bonchev–Trinajstić information content (AvgIpc) is 2.72. The predicted molar refractivity (Wildman–Crippen MR) is 61.4 cm³/mol. The lowest BCUT2D eigenvalue weighted by Gasteiger charge is -2.29. The second-order valence-electron chi connectivity index (χ2n) is 4.54. The van der Waals surface area contributed by atoms with Gasteiger partial charge in [0.25, 0.3) is 0 Å². The molecule has 0 aliphatic rings. The first-order valence-corrected chi connectivity index (χ1v) is 6.07. The van der Waals surface area contributed by atoms with Crippen molar-refractivity contribution in [3.63, 3.8) is 0 Å². The summed E-state index contributed by atoms with van der Waals surface area (Å²) in [4.78, 5) is 0. The van der Waals surface area contributed by atoms with Gasteiger partial charge in [0, 0.05) is 6.04 Å². The Hall–Kier alpha value is -1.22. The summed E-state index contributed by atoms with van der Waals surface area (Å²) in [5, 5.41) is 0. The van der Waals surface area contributed by atoms with E-state index in [1.165, 1.54) is 26.0 Å². The van der Waals surface area contributed by atoms with Crippen LogP contribution in [0.25, 0.3) is 0 Å². The number of aryl methyl sites for hydroxylation is 1. The molecule has 0 saturated heterocycles. The lowest BCUT2D eigenvalue weighted by Crippen LogP contribution is -2.47. The minimum atomic E-state index is -5.59. The molecule has 1 rings (SSSR count). The Labute approximate surface area is 117 Å². The van der Waals surface area contributed by atoms with Gasteiger partial charge < -0.3 is 14.9 Å². The molecule has 0 saturated carbocycles. The fraction of sp³-hybridized carbons (Fsp3) is 0.667. The van der Waals surface area contributed by atoms with Crippen LogP contribution in [0.1, 0.15) is 31.0 Å². The number of hydrogen-bond donors (Lipinski definition) is 1. The molecular weight excluding hydrogens is 304 g/mol. The van der Waals surface area contributed by atoms with Gasteiger partial charge in [-0.3, -0.25) is 0 Å². The zero-order chi connectivity index (χ0) is 16.4. The molecule has 21 heavy (non-hydrogen) atoms. The Morgan fingerprint density at radius 3 is 2.00 bits per heavy atom. The number of furan rings is 1. The van der Waals surface area contributed by atoms with Crippen LogP contribution in [0.2, 0.25) is 0 Å². The van der Waals surface area contributed by atoms with Crippen LogP contribution in [0.15, 0.2) is 16.5 Å². The summed E-state index contributed by atoms with van der Waals surface area (Å²) in [6.07, 6.45) is -16.6. The molecule has 0 spiro atoms. The van der Waals surface area contributed by atoms with Crippen LogP contribution in [0.4, 0.5) is 26.3 Å². The first-order valence-electron chi connectivity index (χ1n) is 6.07. The highest BCUT2D eigenvalue weighted by Crippen LogP contribution is 2.39. The maximum atomic E-state index is 12.5. The van der Waals surface area contributed by atoms with Crippen molar-refractivity contribution in [3.8, 4) is 0 Å². The fourth-order valence-corrected chi connectivity index (χ4v) is 1.69. The molecule has 0 radical (unpaired) electrons.